The zero-order valence-electron chi connectivity index (χ0n) is 11.1. The predicted octanol–water partition coefficient (Wildman–Crippen LogP) is 1.79. The van der Waals surface area contributed by atoms with Crippen molar-refractivity contribution in [3.63, 3.8) is 0 Å². The minimum absolute atomic E-state index is 0.0835. The monoisotopic (exact) mass is 327 g/mol. The van der Waals surface area contributed by atoms with E-state index in [-0.39, 0.29) is 18.4 Å². The minimum Gasteiger partial charge on any atom is -0.355 e. The summed E-state index contributed by atoms with van der Waals surface area (Å²) in [5, 5.41) is 2.69. The Balaban J connectivity index is 2.08. The van der Waals surface area contributed by atoms with Crippen LogP contribution < -0.4 is 5.32 Å². The average Bonchev–Trinajstić information content (AvgIpc) is 3.12. The molecule has 1 aromatic heterocycles. The number of aromatic nitrogens is 1. The highest BCUT2D eigenvalue weighted by atomic mass is 79.9. The number of halogens is 1. The second kappa shape index (κ2) is 5.77. The van der Waals surface area contributed by atoms with E-state index >= 15 is 0 Å². The summed E-state index contributed by atoms with van der Waals surface area (Å²) in [4.78, 5) is 25.3. The maximum absolute atomic E-state index is 12.4. The molecule has 1 saturated carbocycles. The van der Waals surface area contributed by atoms with Crippen LogP contribution in [0.2, 0.25) is 0 Å². The largest absolute Gasteiger partial charge is 0.355 e. The molecule has 1 heterocycles. The van der Waals surface area contributed by atoms with Gasteiger partial charge in [0.25, 0.3) is 5.91 Å². The van der Waals surface area contributed by atoms with Gasteiger partial charge in [-0.25, -0.2) is 0 Å². The third-order valence-electron chi connectivity index (χ3n) is 3.08. The number of carbonyl (C=O) groups excluding carboxylic acids is 2. The molecule has 0 aliphatic heterocycles. The Kier molecular flexibility index (Phi) is 4.29. The number of hydrogen-bond donors (Lipinski definition) is 1. The fraction of sp³-hybridized carbons (Fsp3) is 0.538. The lowest BCUT2D eigenvalue weighted by Crippen LogP contribution is -2.38. The molecular weight excluding hydrogens is 310 g/mol. The van der Waals surface area contributed by atoms with Gasteiger partial charge < -0.3 is 14.8 Å². The van der Waals surface area contributed by atoms with Crippen molar-refractivity contribution >= 4 is 27.7 Å². The van der Waals surface area contributed by atoms with E-state index in [1.165, 1.54) is 4.90 Å². The zero-order chi connectivity index (χ0) is 14.0. The molecule has 0 aromatic carbocycles. The number of amides is 2. The van der Waals surface area contributed by atoms with Crippen molar-refractivity contribution in [3.8, 4) is 0 Å². The lowest BCUT2D eigenvalue weighted by atomic mass is 10.3. The highest BCUT2D eigenvalue weighted by molar-refractivity contribution is 9.10. The molecule has 5 nitrogen and oxygen atoms in total. The molecule has 1 aromatic rings. The molecule has 0 radical (unpaired) electrons. The highest BCUT2D eigenvalue weighted by Crippen LogP contribution is 2.37. The van der Waals surface area contributed by atoms with Crippen LogP contribution in [0.1, 0.15) is 36.3 Å². The number of carbonyl (C=O) groups is 2. The Labute approximate surface area is 121 Å². The van der Waals surface area contributed by atoms with Gasteiger partial charge in [-0.1, -0.05) is 0 Å². The van der Waals surface area contributed by atoms with E-state index in [4.69, 9.17) is 0 Å². The predicted molar refractivity (Wildman–Crippen MR) is 76.0 cm³/mol. The van der Waals surface area contributed by atoms with E-state index in [0.717, 1.165) is 17.3 Å². The molecule has 104 valence electrons. The summed E-state index contributed by atoms with van der Waals surface area (Å²) in [5.41, 5.74) is 0.640. The number of nitrogens with one attached hydrogen (secondary N) is 1. The molecule has 0 spiro atoms. The quantitative estimate of drug-likeness (QED) is 0.896. The van der Waals surface area contributed by atoms with Crippen LogP contribution in [0.3, 0.4) is 0 Å². The highest BCUT2D eigenvalue weighted by Gasteiger charge is 2.29. The number of rotatable bonds is 5. The Morgan fingerprint density at radius 1 is 1.53 bits per heavy atom. The second-order valence-electron chi connectivity index (χ2n) is 4.80. The van der Waals surface area contributed by atoms with Gasteiger partial charge in [0.2, 0.25) is 5.91 Å². The molecule has 1 fully saturated rings. The van der Waals surface area contributed by atoms with Gasteiger partial charge in [-0.2, -0.15) is 0 Å². The first kappa shape index (κ1) is 14.1. The SMILES string of the molecule is CCNC(=O)CN(C)C(=O)c1cc(Br)cn1C1CC1. The summed E-state index contributed by atoms with van der Waals surface area (Å²) in [5.74, 6) is -0.259. The molecule has 2 rings (SSSR count). The zero-order valence-corrected chi connectivity index (χ0v) is 12.7. The normalized spacial score (nSPS) is 14.3. The molecule has 6 heteroatoms. The number of nitrogens with zero attached hydrogens (tertiary/aromatic N) is 2. The van der Waals surface area contributed by atoms with Crippen LogP contribution in [0.4, 0.5) is 0 Å². The van der Waals surface area contributed by atoms with Gasteiger partial charge in [-0.15, -0.1) is 0 Å². The van der Waals surface area contributed by atoms with Crippen molar-refractivity contribution in [1.82, 2.24) is 14.8 Å². The van der Waals surface area contributed by atoms with Crippen LogP contribution in [-0.2, 0) is 4.79 Å². The molecule has 0 bridgehead atoms. The molecule has 1 aliphatic carbocycles. The Hall–Kier alpha value is -1.30. The van der Waals surface area contributed by atoms with Crippen molar-refractivity contribution in [2.75, 3.05) is 20.1 Å². The van der Waals surface area contributed by atoms with E-state index in [1.807, 2.05) is 23.8 Å². The lowest BCUT2D eigenvalue weighted by molar-refractivity contribution is -0.121. The molecular formula is C13H18BrN3O2. The van der Waals surface area contributed by atoms with Gasteiger partial charge >= 0.3 is 0 Å². The van der Waals surface area contributed by atoms with Gasteiger partial charge in [-0.05, 0) is 41.8 Å². The van der Waals surface area contributed by atoms with E-state index in [1.54, 1.807) is 7.05 Å². The average molecular weight is 328 g/mol. The molecule has 19 heavy (non-hydrogen) atoms. The summed E-state index contributed by atoms with van der Waals surface area (Å²) >= 11 is 3.40. The van der Waals surface area contributed by atoms with Crippen LogP contribution in [0, 0.1) is 0 Å². The first-order valence-electron chi connectivity index (χ1n) is 6.42. The summed E-state index contributed by atoms with van der Waals surface area (Å²) < 4.78 is 2.90. The van der Waals surface area contributed by atoms with Gasteiger partial charge in [0, 0.05) is 30.3 Å². The molecule has 0 atom stereocenters. The number of likely N-dealkylation sites (N-methyl/N-ethyl adjacent to an activating group) is 2. The maximum atomic E-state index is 12.4. The fourth-order valence-corrected chi connectivity index (χ4v) is 2.45. The third kappa shape index (κ3) is 3.37. The van der Waals surface area contributed by atoms with Gasteiger partial charge in [0.1, 0.15) is 5.69 Å². The van der Waals surface area contributed by atoms with Crippen molar-refractivity contribution < 1.29 is 9.59 Å². The van der Waals surface area contributed by atoms with Crippen LogP contribution in [0.15, 0.2) is 16.7 Å². The Morgan fingerprint density at radius 2 is 2.21 bits per heavy atom. The van der Waals surface area contributed by atoms with Crippen molar-refractivity contribution in [2.45, 2.75) is 25.8 Å². The topological polar surface area (TPSA) is 54.3 Å². The van der Waals surface area contributed by atoms with Crippen LogP contribution in [-0.4, -0.2) is 41.4 Å². The minimum atomic E-state index is -0.137. The Bertz CT molecular complexity index is 494. The summed E-state index contributed by atoms with van der Waals surface area (Å²) in [6, 6.07) is 2.25. The first-order valence-corrected chi connectivity index (χ1v) is 7.21. The molecule has 0 saturated heterocycles. The van der Waals surface area contributed by atoms with Gasteiger partial charge in [-0.3, -0.25) is 9.59 Å². The third-order valence-corrected chi connectivity index (χ3v) is 3.51. The van der Waals surface area contributed by atoms with E-state index < -0.39 is 0 Å². The lowest BCUT2D eigenvalue weighted by Gasteiger charge is -2.17. The first-order chi connectivity index (χ1) is 9.02. The van der Waals surface area contributed by atoms with E-state index in [2.05, 4.69) is 21.2 Å². The standard InChI is InChI=1S/C13H18BrN3O2/c1-3-15-12(18)8-16(2)13(19)11-6-9(14)7-17(11)10-4-5-10/h6-7,10H,3-5,8H2,1-2H3,(H,15,18). The van der Waals surface area contributed by atoms with Gasteiger partial charge in [0.05, 0.1) is 6.54 Å². The van der Waals surface area contributed by atoms with Gasteiger partial charge in [0.15, 0.2) is 0 Å². The second-order valence-corrected chi connectivity index (χ2v) is 5.71. The van der Waals surface area contributed by atoms with Crippen molar-refractivity contribution in [3.05, 3.63) is 22.4 Å². The van der Waals surface area contributed by atoms with Crippen molar-refractivity contribution in [1.29, 1.82) is 0 Å². The van der Waals surface area contributed by atoms with Crippen LogP contribution in [0.25, 0.3) is 0 Å². The Morgan fingerprint density at radius 3 is 2.79 bits per heavy atom. The van der Waals surface area contributed by atoms with Crippen molar-refractivity contribution in [2.24, 2.45) is 0 Å². The van der Waals surface area contributed by atoms with Crippen LogP contribution >= 0.6 is 15.9 Å². The fourth-order valence-electron chi connectivity index (χ4n) is 2.01. The maximum Gasteiger partial charge on any atom is 0.270 e. The summed E-state index contributed by atoms with van der Waals surface area (Å²) in [7, 11) is 1.65. The van der Waals surface area contributed by atoms with E-state index in [9.17, 15) is 9.59 Å². The number of hydrogen-bond acceptors (Lipinski definition) is 2. The smallest absolute Gasteiger partial charge is 0.270 e. The molecule has 1 aliphatic rings. The van der Waals surface area contributed by atoms with Crippen LogP contribution in [0.5, 0.6) is 0 Å². The summed E-state index contributed by atoms with van der Waals surface area (Å²) in [6.45, 7) is 2.51. The van der Waals surface area contributed by atoms with E-state index in [0.29, 0.717) is 18.3 Å². The molecule has 0 unspecified atom stereocenters. The summed E-state index contributed by atoms with van der Waals surface area (Å²) in [6.07, 6.45) is 4.16. The molecule has 1 N–H and O–H groups in total. The molecule has 2 amide bonds.